The first-order valence-corrected chi connectivity index (χ1v) is 7.36. The van der Waals surface area contributed by atoms with E-state index in [-0.39, 0.29) is 0 Å². The van der Waals surface area contributed by atoms with E-state index in [0.717, 1.165) is 36.8 Å². The van der Waals surface area contributed by atoms with Crippen molar-refractivity contribution in [3.63, 3.8) is 0 Å². The molecule has 4 heteroatoms. The van der Waals surface area contributed by atoms with Crippen LogP contribution in [0.1, 0.15) is 22.8 Å². The molecule has 3 heterocycles. The first-order valence-electron chi connectivity index (χ1n) is 7.36. The molecule has 0 aliphatic rings. The number of aromatic nitrogens is 2. The Morgan fingerprint density at radius 1 is 0.909 bits per heavy atom. The molecular formula is C18H19N3O. The van der Waals surface area contributed by atoms with Gasteiger partial charge in [0.25, 0.3) is 0 Å². The summed E-state index contributed by atoms with van der Waals surface area (Å²) in [5, 5.41) is 0. The first kappa shape index (κ1) is 14.5. The van der Waals surface area contributed by atoms with Gasteiger partial charge in [-0.15, -0.1) is 0 Å². The molecule has 0 unspecified atom stereocenters. The zero-order chi connectivity index (χ0) is 15.2. The van der Waals surface area contributed by atoms with Gasteiger partial charge in [0.2, 0.25) is 0 Å². The fourth-order valence-electron chi connectivity index (χ4n) is 2.43. The molecule has 0 aliphatic carbocycles. The average molecular weight is 293 g/mol. The van der Waals surface area contributed by atoms with Crippen LogP contribution in [0.5, 0.6) is 0 Å². The highest BCUT2D eigenvalue weighted by Gasteiger charge is 2.11. The predicted molar refractivity (Wildman–Crippen MR) is 84.9 cm³/mol. The molecule has 0 amide bonds. The number of pyridine rings is 2. The van der Waals surface area contributed by atoms with E-state index in [9.17, 15) is 0 Å². The summed E-state index contributed by atoms with van der Waals surface area (Å²) in [6.45, 7) is 4.34. The molecule has 0 atom stereocenters. The zero-order valence-electron chi connectivity index (χ0n) is 12.6. The molecule has 0 spiro atoms. The van der Waals surface area contributed by atoms with Gasteiger partial charge in [-0.1, -0.05) is 6.07 Å². The molecule has 22 heavy (non-hydrogen) atoms. The Labute approximate surface area is 130 Å². The summed E-state index contributed by atoms with van der Waals surface area (Å²) in [4.78, 5) is 10.8. The minimum atomic E-state index is 0.757. The molecular weight excluding hydrogens is 274 g/mol. The Morgan fingerprint density at radius 3 is 2.45 bits per heavy atom. The molecule has 3 aromatic rings. The van der Waals surface area contributed by atoms with Crippen LogP contribution in [0.15, 0.2) is 65.5 Å². The van der Waals surface area contributed by atoms with Crippen LogP contribution >= 0.6 is 0 Å². The highest BCUT2D eigenvalue weighted by molar-refractivity contribution is 5.12. The standard InChI is InChI=1S/C18H19N3O/c1-15-5-6-18(22-15)14-21(12-16-7-10-19-11-8-16)13-17-4-2-3-9-20-17/h2-11H,12-14H2,1H3. The molecule has 112 valence electrons. The van der Waals surface area contributed by atoms with Gasteiger partial charge in [-0.25, -0.2) is 0 Å². The van der Waals surface area contributed by atoms with E-state index in [1.165, 1.54) is 5.56 Å². The second-order valence-electron chi connectivity index (χ2n) is 5.33. The van der Waals surface area contributed by atoms with Crippen molar-refractivity contribution < 1.29 is 4.42 Å². The van der Waals surface area contributed by atoms with Crippen LogP contribution in [0.4, 0.5) is 0 Å². The van der Waals surface area contributed by atoms with Crippen molar-refractivity contribution in [1.82, 2.24) is 14.9 Å². The highest BCUT2D eigenvalue weighted by atomic mass is 16.3. The van der Waals surface area contributed by atoms with Crippen molar-refractivity contribution in [2.75, 3.05) is 0 Å². The summed E-state index contributed by atoms with van der Waals surface area (Å²) >= 11 is 0. The monoisotopic (exact) mass is 293 g/mol. The smallest absolute Gasteiger partial charge is 0.118 e. The van der Waals surface area contributed by atoms with Crippen LogP contribution in [0.3, 0.4) is 0 Å². The van der Waals surface area contributed by atoms with Crippen LogP contribution in [-0.2, 0) is 19.6 Å². The van der Waals surface area contributed by atoms with Crippen molar-refractivity contribution in [1.29, 1.82) is 0 Å². The molecule has 0 fully saturated rings. The lowest BCUT2D eigenvalue weighted by molar-refractivity contribution is 0.223. The fourth-order valence-corrected chi connectivity index (χ4v) is 2.43. The SMILES string of the molecule is Cc1ccc(CN(Cc2ccncc2)Cc2ccccn2)o1. The van der Waals surface area contributed by atoms with E-state index in [2.05, 4.69) is 14.9 Å². The van der Waals surface area contributed by atoms with E-state index < -0.39 is 0 Å². The number of hydrogen-bond donors (Lipinski definition) is 0. The van der Waals surface area contributed by atoms with Gasteiger partial charge >= 0.3 is 0 Å². The van der Waals surface area contributed by atoms with E-state index >= 15 is 0 Å². The third-order valence-corrected chi connectivity index (χ3v) is 3.44. The van der Waals surface area contributed by atoms with Crippen LogP contribution in [0.2, 0.25) is 0 Å². The summed E-state index contributed by atoms with van der Waals surface area (Å²) in [5.41, 5.74) is 2.29. The van der Waals surface area contributed by atoms with E-state index in [4.69, 9.17) is 4.42 Å². The van der Waals surface area contributed by atoms with Crippen LogP contribution < -0.4 is 0 Å². The Hall–Kier alpha value is -2.46. The van der Waals surface area contributed by atoms with Gasteiger partial charge in [0.1, 0.15) is 11.5 Å². The van der Waals surface area contributed by atoms with Gasteiger partial charge in [0.05, 0.1) is 12.2 Å². The topological polar surface area (TPSA) is 42.2 Å². The quantitative estimate of drug-likeness (QED) is 0.696. The van der Waals surface area contributed by atoms with Crippen LogP contribution in [0, 0.1) is 6.92 Å². The number of aryl methyl sites for hydroxylation is 1. The van der Waals surface area contributed by atoms with Crippen LogP contribution in [-0.4, -0.2) is 14.9 Å². The lowest BCUT2D eigenvalue weighted by Crippen LogP contribution is -2.22. The van der Waals surface area contributed by atoms with Gasteiger partial charge in [-0.3, -0.25) is 14.9 Å². The molecule has 0 aromatic carbocycles. The summed E-state index contributed by atoms with van der Waals surface area (Å²) in [6.07, 6.45) is 5.48. The minimum Gasteiger partial charge on any atom is -0.465 e. The molecule has 0 saturated carbocycles. The second kappa shape index (κ2) is 7.00. The number of hydrogen-bond acceptors (Lipinski definition) is 4. The van der Waals surface area contributed by atoms with Gasteiger partial charge in [-0.05, 0) is 48.9 Å². The summed E-state index contributed by atoms with van der Waals surface area (Å²) in [7, 11) is 0. The Kier molecular flexibility index (Phi) is 4.61. The number of furan rings is 1. The second-order valence-corrected chi connectivity index (χ2v) is 5.33. The predicted octanol–water partition coefficient (Wildman–Crippen LogP) is 3.58. The Balaban J connectivity index is 1.75. The molecule has 3 rings (SSSR count). The summed E-state index contributed by atoms with van der Waals surface area (Å²) in [6, 6.07) is 14.1. The van der Waals surface area contributed by atoms with E-state index in [1.807, 2.05) is 68.0 Å². The van der Waals surface area contributed by atoms with Gasteiger partial charge in [0, 0.05) is 31.7 Å². The Morgan fingerprint density at radius 2 is 1.77 bits per heavy atom. The molecule has 0 aliphatic heterocycles. The maximum absolute atomic E-state index is 5.71. The van der Waals surface area contributed by atoms with Crippen molar-refractivity contribution in [2.45, 2.75) is 26.6 Å². The van der Waals surface area contributed by atoms with E-state index in [0.29, 0.717) is 0 Å². The normalized spacial score (nSPS) is 11.0. The van der Waals surface area contributed by atoms with Gasteiger partial charge in [0.15, 0.2) is 0 Å². The summed E-state index contributed by atoms with van der Waals surface area (Å²) < 4.78 is 5.71. The van der Waals surface area contributed by atoms with Crippen molar-refractivity contribution in [3.05, 3.63) is 83.8 Å². The molecule has 3 aromatic heterocycles. The third-order valence-electron chi connectivity index (χ3n) is 3.44. The van der Waals surface area contributed by atoms with E-state index in [1.54, 1.807) is 0 Å². The zero-order valence-corrected chi connectivity index (χ0v) is 12.6. The summed E-state index contributed by atoms with van der Waals surface area (Å²) in [5.74, 6) is 1.92. The molecule has 4 nitrogen and oxygen atoms in total. The molecule has 0 bridgehead atoms. The fraction of sp³-hybridized carbons (Fsp3) is 0.222. The largest absolute Gasteiger partial charge is 0.465 e. The van der Waals surface area contributed by atoms with Crippen molar-refractivity contribution in [2.24, 2.45) is 0 Å². The average Bonchev–Trinajstić information content (AvgIpc) is 2.94. The molecule has 0 radical (unpaired) electrons. The maximum Gasteiger partial charge on any atom is 0.118 e. The van der Waals surface area contributed by atoms with Gasteiger partial charge in [-0.2, -0.15) is 0 Å². The minimum absolute atomic E-state index is 0.757. The Bertz CT molecular complexity index is 653. The molecule has 0 saturated heterocycles. The number of rotatable bonds is 6. The maximum atomic E-state index is 5.71. The molecule has 0 N–H and O–H groups in total. The third kappa shape index (κ3) is 4.02. The highest BCUT2D eigenvalue weighted by Crippen LogP contribution is 2.14. The number of nitrogens with zero attached hydrogens (tertiary/aromatic N) is 3. The van der Waals surface area contributed by atoms with Gasteiger partial charge < -0.3 is 4.42 Å². The first-order chi connectivity index (χ1) is 10.8. The lowest BCUT2D eigenvalue weighted by atomic mass is 10.2. The van der Waals surface area contributed by atoms with Crippen molar-refractivity contribution >= 4 is 0 Å². The van der Waals surface area contributed by atoms with Crippen LogP contribution in [0.25, 0.3) is 0 Å². The van der Waals surface area contributed by atoms with Crippen molar-refractivity contribution in [3.8, 4) is 0 Å². The lowest BCUT2D eigenvalue weighted by Gasteiger charge is -2.21.